The topological polar surface area (TPSA) is 75.3 Å². The van der Waals surface area contributed by atoms with E-state index in [1.165, 1.54) is 17.7 Å². The lowest BCUT2D eigenvalue weighted by Crippen LogP contribution is -2.15. The Labute approximate surface area is 188 Å². The van der Waals surface area contributed by atoms with E-state index in [2.05, 4.69) is 17.0 Å². The van der Waals surface area contributed by atoms with Crippen LogP contribution in [0.5, 0.6) is 0 Å². The number of anilines is 2. The van der Waals surface area contributed by atoms with Crippen molar-refractivity contribution in [2.75, 3.05) is 10.0 Å². The fourth-order valence-corrected chi connectivity index (χ4v) is 4.34. The van der Waals surface area contributed by atoms with Crippen molar-refractivity contribution < 1.29 is 13.2 Å². The molecule has 0 radical (unpaired) electrons. The fraction of sp³-hybridized carbons (Fsp3) is 0.208. The Hall–Kier alpha value is -2.83. The molecule has 1 amide bonds. The monoisotopic (exact) mass is 456 g/mol. The Morgan fingerprint density at radius 2 is 1.65 bits per heavy atom. The molecule has 7 heteroatoms. The van der Waals surface area contributed by atoms with Crippen LogP contribution < -0.4 is 10.0 Å². The van der Waals surface area contributed by atoms with Gasteiger partial charge in [-0.25, -0.2) is 8.42 Å². The van der Waals surface area contributed by atoms with Crippen LogP contribution in [0.1, 0.15) is 41.3 Å². The molecule has 0 heterocycles. The zero-order valence-electron chi connectivity index (χ0n) is 17.5. The highest BCUT2D eigenvalue weighted by Gasteiger charge is 2.16. The van der Waals surface area contributed by atoms with Gasteiger partial charge in [0.1, 0.15) is 0 Å². The predicted molar refractivity (Wildman–Crippen MR) is 126 cm³/mol. The molecule has 0 aliphatic carbocycles. The number of benzene rings is 3. The zero-order chi connectivity index (χ0) is 22.4. The van der Waals surface area contributed by atoms with Gasteiger partial charge in [-0.2, -0.15) is 0 Å². The van der Waals surface area contributed by atoms with Gasteiger partial charge < -0.3 is 5.32 Å². The van der Waals surface area contributed by atoms with E-state index in [-0.39, 0.29) is 10.8 Å². The zero-order valence-corrected chi connectivity index (χ0v) is 19.1. The number of sulfonamides is 1. The maximum atomic E-state index is 12.8. The summed E-state index contributed by atoms with van der Waals surface area (Å²) in [5.74, 6) is -0.295. The summed E-state index contributed by atoms with van der Waals surface area (Å²) < 4.78 is 28.2. The molecule has 0 saturated carbocycles. The maximum Gasteiger partial charge on any atom is 0.261 e. The van der Waals surface area contributed by atoms with Gasteiger partial charge in [-0.1, -0.05) is 37.1 Å². The van der Waals surface area contributed by atoms with Gasteiger partial charge >= 0.3 is 0 Å². The second kappa shape index (κ2) is 9.98. The number of aryl methyl sites for hydroxylation is 2. The highest BCUT2D eigenvalue weighted by molar-refractivity contribution is 7.92. The normalized spacial score (nSPS) is 11.2. The summed E-state index contributed by atoms with van der Waals surface area (Å²) >= 11 is 5.85. The van der Waals surface area contributed by atoms with Crippen molar-refractivity contribution in [2.45, 2.75) is 38.0 Å². The molecule has 3 aromatic rings. The van der Waals surface area contributed by atoms with Crippen molar-refractivity contribution >= 4 is 38.9 Å². The van der Waals surface area contributed by atoms with Crippen LogP contribution in [0, 0.1) is 6.92 Å². The number of amides is 1. The van der Waals surface area contributed by atoms with E-state index in [1.807, 2.05) is 12.1 Å². The summed E-state index contributed by atoms with van der Waals surface area (Å²) in [7, 11) is -3.75. The number of halogens is 1. The third-order valence-electron chi connectivity index (χ3n) is 4.89. The van der Waals surface area contributed by atoms with E-state index in [0.717, 1.165) is 19.3 Å². The molecule has 0 bridgehead atoms. The van der Waals surface area contributed by atoms with Gasteiger partial charge in [0, 0.05) is 22.0 Å². The van der Waals surface area contributed by atoms with Crippen LogP contribution in [-0.4, -0.2) is 14.3 Å². The first-order valence-electron chi connectivity index (χ1n) is 10.1. The summed E-state index contributed by atoms with van der Waals surface area (Å²) in [6, 6.07) is 18.6. The first kappa shape index (κ1) is 22.8. The molecule has 0 saturated heterocycles. The van der Waals surface area contributed by atoms with E-state index in [1.54, 1.807) is 49.4 Å². The van der Waals surface area contributed by atoms with Crippen LogP contribution in [0.25, 0.3) is 0 Å². The molecule has 0 unspecified atom stereocenters. The Morgan fingerprint density at radius 3 is 2.26 bits per heavy atom. The van der Waals surface area contributed by atoms with Crippen LogP contribution in [0.2, 0.25) is 5.02 Å². The summed E-state index contributed by atoms with van der Waals surface area (Å²) in [4.78, 5) is 12.5. The molecule has 0 aliphatic rings. The fourth-order valence-electron chi connectivity index (χ4n) is 3.07. The quantitative estimate of drug-likeness (QED) is 0.433. The van der Waals surface area contributed by atoms with E-state index in [9.17, 15) is 13.2 Å². The SMILES string of the molecule is CCCCc1ccc(NS(=O)(=O)c2ccc(NC(=O)c3ccc(Cl)cc3)c(C)c2)cc1. The van der Waals surface area contributed by atoms with Gasteiger partial charge in [0.25, 0.3) is 15.9 Å². The number of rotatable bonds is 8. The van der Waals surface area contributed by atoms with Gasteiger partial charge in [-0.15, -0.1) is 0 Å². The molecule has 3 rings (SSSR count). The maximum absolute atomic E-state index is 12.8. The van der Waals surface area contributed by atoms with Crippen LogP contribution in [-0.2, 0) is 16.4 Å². The van der Waals surface area contributed by atoms with Gasteiger partial charge in [-0.05, 0) is 85.5 Å². The molecule has 5 nitrogen and oxygen atoms in total. The van der Waals surface area contributed by atoms with Crippen LogP contribution in [0.3, 0.4) is 0 Å². The van der Waals surface area contributed by atoms with E-state index in [4.69, 9.17) is 11.6 Å². The van der Waals surface area contributed by atoms with Crippen molar-refractivity contribution in [3.05, 3.63) is 88.4 Å². The second-order valence-electron chi connectivity index (χ2n) is 7.34. The number of hydrogen-bond donors (Lipinski definition) is 2. The van der Waals surface area contributed by atoms with Crippen LogP contribution in [0.4, 0.5) is 11.4 Å². The van der Waals surface area contributed by atoms with Gasteiger partial charge in [-0.3, -0.25) is 9.52 Å². The molecule has 0 aromatic heterocycles. The van der Waals surface area contributed by atoms with E-state index < -0.39 is 10.0 Å². The molecule has 0 fully saturated rings. The number of nitrogens with one attached hydrogen (secondary N) is 2. The van der Waals surface area contributed by atoms with E-state index >= 15 is 0 Å². The number of unbranched alkanes of at least 4 members (excludes halogenated alkanes) is 1. The standard InChI is InChI=1S/C24H25ClN2O3S/c1-3-4-5-18-6-12-21(13-7-18)27-31(29,30)22-14-15-23(17(2)16-22)26-24(28)19-8-10-20(25)11-9-19/h6-16,27H,3-5H2,1-2H3,(H,26,28). The summed E-state index contributed by atoms with van der Waals surface area (Å²) in [5, 5.41) is 3.35. The van der Waals surface area contributed by atoms with Gasteiger partial charge in [0.15, 0.2) is 0 Å². The molecular weight excluding hydrogens is 432 g/mol. The van der Waals surface area contributed by atoms with Crippen molar-refractivity contribution in [3.63, 3.8) is 0 Å². The van der Waals surface area contributed by atoms with Crippen molar-refractivity contribution in [2.24, 2.45) is 0 Å². The largest absolute Gasteiger partial charge is 0.322 e. The van der Waals surface area contributed by atoms with Crippen molar-refractivity contribution in [1.29, 1.82) is 0 Å². The van der Waals surface area contributed by atoms with Gasteiger partial charge in [0.2, 0.25) is 0 Å². The van der Waals surface area contributed by atoms with Gasteiger partial charge in [0.05, 0.1) is 4.90 Å². The summed E-state index contributed by atoms with van der Waals surface area (Å²) in [6.07, 6.45) is 3.20. The molecule has 0 spiro atoms. The first-order chi connectivity index (χ1) is 14.8. The summed E-state index contributed by atoms with van der Waals surface area (Å²) in [5.41, 5.74) is 3.34. The average Bonchev–Trinajstić information content (AvgIpc) is 2.74. The Morgan fingerprint density at radius 1 is 0.968 bits per heavy atom. The predicted octanol–water partition coefficient (Wildman–Crippen LogP) is 6.04. The Kier molecular flexibility index (Phi) is 7.36. The van der Waals surface area contributed by atoms with E-state index in [0.29, 0.717) is 27.5 Å². The second-order valence-corrected chi connectivity index (χ2v) is 9.46. The molecule has 162 valence electrons. The minimum absolute atomic E-state index is 0.129. The minimum Gasteiger partial charge on any atom is -0.322 e. The third kappa shape index (κ3) is 6.09. The highest BCUT2D eigenvalue weighted by Crippen LogP contribution is 2.23. The molecule has 3 aromatic carbocycles. The molecule has 0 aliphatic heterocycles. The highest BCUT2D eigenvalue weighted by atomic mass is 35.5. The molecular formula is C24H25ClN2O3S. The summed E-state index contributed by atoms with van der Waals surface area (Å²) in [6.45, 7) is 3.89. The number of carbonyl (C=O) groups excluding carboxylic acids is 1. The minimum atomic E-state index is -3.75. The number of carbonyl (C=O) groups is 1. The first-order valence-corrected chi connectivity index (χ1v) is 11.9. The Balaban J connectivity index is 1.71. The Bertz CT molecular complexity index is 1160. The average molecular weight is 457 g/mol. The van der Waals surface area contributed by atoms with Crippen LogP contribution in [0.15, 0.2) is 71.6 Å². The molecule has 2 N–H and O–H groups in total. The third-order valence-corrected chi connectivity index (χ3v) is 6.52. The lowest BCUT2D eigenvalue weighted by molar-refractivity contribution is 0.102. The van der Waals surface area contributed by atoms with Crippen molar-refractivity contribution in [3.8, 4) is 0 Å². The number of hydrogen-bond acceptors (Lipinski definition) is 3. The molecule has 31 heavy (non-hydrogen) atoms. The lowest BCUT2D eigenvalue weighted by atomic mass is 10.1. The van der Waals surface area contributed by atoms with Crippen LogP contribution >= 0.6 is 11.6 Å². The smallest absolute Gasteiger partial charge is 0.261 e. The molecule has 0 atom stereocenters. The lowest BCUT2D eigenvalue weighted by Gasteiger charge is -2.12. The van der Waals surface area contributed by atoms with Crippen molar-refractivity contribution in [1.82, 2.24) is 0 Å².